The highest BCUT2D eigenvalue weighted by molar-refractivity contribution is 8.15. The van der Waals surface area contributed by atoms with Crippen LogP contribution in [0.4, 0.5) is 0 Å². The monoisotopic (exact) mass is 278 g/mol. The second-order valence-electron chi connectivity index (χ2n) is 4.15. The van der Waals surface area contributed by atoms with E-state index in [-0.39, 0.29) is 4.87 Å². The highest BCUT2D eigenvalue weighted by Gasteiger charge is 2.36. The Hall–Kier alpha value is -1.39. The Kier molecular flexibility index (Phi) is 2.84. The van der Waals surface area contributed by atoms with Crippen molar-refractivity contribution in [3.8, 4) is 0 Å². The van der Waals surface area contributed by atoms with E-state index in [1.807, 2.05) is 43.3 Å². The number of hydrogen-bond donors (Lipinski definition) is 1. The average Bonchev–Trinajstić information content (AvgIpc) is 3.00. The smallest absolute Gasteiger partial charge is 0.160 e. The highest BCUT2D eigenvalue weighted by Crippen LogP contribution is 2.40. The Morgan fingerprint density at radius 2 is 2.06 bits per heavy atom. The van der Waals surface area contributed by atoms with E-state index in [1.165, 1.54) is 0 Å². The summed E-state index contributed by atoms with van der Waals surface area (Å²) >= 11 is 7.51. The molecule has 92 valence electrons. The van der Waals surface area contributed by atoms with E-state index < -0.39 is 0 Å². The van der Waals surface area contributed by atoms with Crippen LogP contribution in [0.5, 0.6) is 0 Å². The van der Waals surface area contributed by atoms with Crippen LogP contribution < -0.4 is 5.43 Å². The van der Waals surface area contributed by atoms with Gasteiger partial charge in [0, 0.05) is 10.6 Å². The molecule has 1 aromatic carbocycles. The fourth-order valence-corrected chi connectivity index (χ4v) is 2.93. The minimum absolute atomic E-state index is 0.349. The third kappa shape index (κ3) is 2.02. The Morgan fingerprint density at radius 1 is 1.28 bits per heavy atom. The lowest BCUT2D eigenvalue weighted by Gasteiger charge is -2.19. The molecule has 0 radical (unpaired) electrons. The zero-order valence-electron chi connectivity index (χ0n) is 9.68. The van der Waals surface area contributed by atoms with E-state index in [0.717, 1.165) is 21.4 Å². The maximum absolute atomic E-state index is 5.88. The molecule has 1 atom stereocenters. The van der Waals surface area contributed by atoms with Gasteiger partial charge in [0.25, 0.3) is 0 Å². The van der Waals surface area contributed by atoms with Crippen LogP contribution in [0.25, 0.3) is 0 Å². The summed E-state index contributed by atoms with van der Waals surface area (Å²) in [4.78, 5) is -0.349. The summed E-state index contributed by atoms with van der Waals surface area (Å²) in [6.45, 7) is 2.04. The van der Waals surface area contributed by atoms with E-state index in [4.69, 9.17) is 16.0 Å². The summed E-state index contributed by atoms with van der Waals surface area (Å²) in [7, 11) is 0. The minimum atomic E-state index is -0.349. The van der Waals surface area contributed by atoms with Gasteiger partial charge in [-0.1, -0.05) is 35.5 Å². The lowest BCUT2D eigenvalue weighted by atomic mass is 10.2. The fourth-order valence-electron chi connectivity index (χ4n) is 1.77. The van der Waals surface area contributed by atoms with Crippen LogP contribution in [0.2, 0.25) is 5.02 Å². The van der Waals surface area contributed by atoms with E-state index >= 15 is 0 Å². The summed E-state index contributed by atoms with van der Waals surface area (Å²) in [5.74, 6) is 0.861. The molecule has 3 rings (SSSR count). The molecule has 0 spiro atoms. The number of benzene rings is 1. The summed E-state index contributed by atoms with van der Waals surface area (Å²) in [6, 6.07) is 11.5. The van der Waals surface area contributed by atoms with E-state index in [2.05, 4.69) is 10.5 Å². The lowest BCUT2D eigenvalue weighted by Crippen LogP contribution is -2.27. The first-order chi connectivity index (χ1) is 8.67. The lowest BCUT2D eigenvalue weighted by molar-refractivity contribution is 0.414. The Morgan fingerprint density at radius 3 is 2.72 bits per heavy atom. The van der Waals surface area contributed by atoms with Gasteiger partial charge in [-0.15, -0.1) is 0 Å². The Balaban J connectivity index is 1.84. The van der Waals surface area contributed by atoms with Gasteiger partial charge in [0.2, 0.25) is 0 Å². The molecule has 0 bridgehead atoms. The quantitative estimate of drug-likeness (QED) is 0.908. The molecule has 1 N–H and O–H groups in total. The van der Waals surface area contributed by atoms with Crippen LogP contribution in [-0.2, 0) is 4.87 Å². The molecule has 18 heavy (non-hydrogen) atoms. The molecule has 2 aromatic rings. The van der Waals surface area contributed by atoms with Crippen LogP contribution >= 0.6 is 23.4 Å². The SMILES string of the molecule is CC1(c2ccco2)NN=C(c2ccc(Cl)cc2)S1. The molecule has 0 fully saturated rings. The Labute approximate surface area is 114 Å². The van der Waals surface area contributed by atoms with Gasteiger partial charge >= 0.3 is 0 Å². The number of hydrogen-bond acceptors (Lipinski definition) is 4. The molecule has 1 aliphatic rings. The van der Waals surface area contributed by atoms with Gasteiger partial charge in [-0.25, -0.2) is 0 Å². The van der Waals surface area contributed by atoms with Crippen molar-refractivity contribution in [3.05, 3.63) is 59.0 Å². The van der Waals surface area contributed by atoms with Gasteiger partial charge in [0.1, 0.15) is 10.8 Å². The van der Waals surface area contributed by atoms with Gasteiger partial charge in [0.05, 0.1) is 6.26 Å². The summed E-state index contributed by atoms with van der Waals surface area (Å²) < 4.78 is 5.45. The first-order valence-electron chi connectivity index (χ1n) is 5.51. The second kappa shape index (κ2) is 4.37. The third-order valence-corrected chi connectivity index (χ3v) is 4.23. The van der Waals surface area contributed by atoms with Crippen LogP contribution in [0.15, 0.2) is 52.2 Å². The first kappa shape index (κ1) is 11.7. The van der Waals surface area contributed by atoms with Crippen molar-refractivity contribution in [2.75, 3.05) is 0 Å². The maximum atomic E-state index is 5.88. The highest BCUT2D eigenvalue weighted by atomic mass is 35.5. The predicted octanol–water partition coefficient (Wildman–Crippen LogP) is 3.80. The van der Waals surface area contributed by atoms with Crippen molar-refractivity contribution >= 4 is 28.4 Å². The average molecular weight is 279 g/mol. The molecular weight excluding hydrogens is 268 g/mol. The number of nitrogens with one attached hydrogen (secondary N) is 1. The van der Waals surface area contributed by atoms with E-state index in [0.29, 0.717) is 0 Å². The molecule has 1 aromatic heterocycles. The predicted molar refractivity (Wildman–Crippen MR) is 74.8 cm³/mol. The van der Waals surface area contributed by atoms with E-state index in [1.54, 1.807) is 18.0 Å². The summed E-state index contributed by atoms with van der Waals surface area (Å²) in [5, 5.41) is 6.03. The van der Waals surface area contributed by atoms with Crippen molar-refractivity contribution in [2.45, 2.75) is 11.8 Å². The van der Waals surface area contributed by atoms with Gasteiger partial charge < -0.3 is 4.42 Å². The van der Waals surface area contributed by atoms with E-state index in [9.17, 15) is 0 Å². The van der Waals surface area contributed by atoms with Crippen molar-refractivity contribution in [2.24, 2.45) is 5.10 Å². The number of rotatable bonds is 2. The minimum Gasteiger partial charge on any atom is -0.466 e. The molecule has 0 saturated heterocycles. The number of hydrazone groups is 1. The molecule has 0 aliphatic carbocycles. The van der Waals surface area contributed by atoms with Gasteiger partial charge in [-0.3, -0.25) is 5.43 Å². The fraction of sp³-hybridized carbons (Fsp3) is 0.154. The molecule has 0 saturated carbocycles. The van der Waals surface area contributed by atoms with Crippen LogP contribution in [-0.4, -0.2) is 5.04 Å². The molecular formula is C13H11ClN2OS. The topological polar surface area (TPSA) is 37.5 Å². The van der Waals surface area contributed by atoms with Crippen molar-refractivity contribution < 1.29 is 4.42 Å². The molecule has 2 heterocycles. The molecule has 3 nitrogen and oxygen atoms in total. The second-order valence-corrected chi connectivity index (χ2v) is 5.99. The molecule has 0 amide bonds. The zero-order chi connectivity index (χ0) is 12.6. The van der Waals surface area contributed by atoms with Crippen molar-refractivity contribution in [1.29, 1.82) is 0 Å². The van der Waals surface area contributed by atoms with Crippen molar-refractivity contribution in [1.82, 2.24) is 5.43 Å². The number of thioether (sulfide) groups is 1. The summed E-state index contributed by atoms with van der Waals surface area (Å²) in [6.07, 6.45) is 1.67. The third-order valence-electron chi connectivity index (χ3n) is 2.75. The first-order valence-corrected chi connectivity index (χ1v) is 6.71. The van der Waals surface area contributed by atoms with Crippen LogP contribution in [0.3, 0.4) is 0 Å². The number of furan rings is 1. The van der Waals surface area contributed by atoms with Gasteiger partial charge in [-0.05, 0) is 31.2 Å². The molecule has 1 unspecified atom stereocenters. The zero-order valence-corrected chi connectivity index (χ0v) is 11.3. The molecule has 1 aliphatic heterocycles. The number of nitrogens with zero attached hydrogens (tertiary/aromatic N) is 1. The number of halogens is 1. The Bertz CT molecular complexity index is 580. The van der Waals surface area contributed by atoms with Gasteiger partial charge in [-0.2, -0.15) is 5.10 Å². The largest absolute Gasteiger partial charge is 0.466 e. The van der Waals surface area contributed by atoms with Crippen molar-refractivity contribution in [3.63, 3.8) is 0 Å². The summed E-state index contributed by atoms with van der Waals surface area (Å²) in [5.41, 5.74) is 4.17. The molecule has 5 heteroatoms. The van der Waals surface area contributed by atoms with Gasteiger partial charge in [0.15, 0.2) is 4.87 Å². The van der Waals surface area contributed by atoms with Crippen LogP contribution in [0, 0.1) is 0 Å². The standard InChI is InChI=1S/C13H11ClN2OS/c1-13(11-3-2-8-17-11)16-15-12(18-13)9-4-6-10(14)7-5-9/h2-8,16H,1H3. The maximum Gasteiger partial charge on any atom is 0.160 e. The normalized spacial score (nSPS) is 22.7. The van der Waals surface area contributed by atoms with Crippen LogP contribution in [0.1, 0.15) is 18.2 Å².